The van der Waals surface area contributed by atoms with Gasteiger partial charge in [-0.2, -0.15) is 0 Å². The van der Waals surface area contributed by atoms with E-state index in [9.17, 15) is 4.79 Å². The van der Waals surface area contributed by atoms with Gasteiger partial charge in [-0.25, -0.2) is 4.79 Å². The summed E-state index contributed by atoms with van der Waals surface area (Å²) in [5, 5.41) is 3.10. The first-order chi connectivity index (χ1) is 11.5. The van der Waals surface area contributed by atoms with Gasteiger partial charge in [0.2, 0.25) is 0 Å². The van der Waals surface area contributed by atoms with E-state index >= 15 is 0 Å². The van der Waals surface area contributed by atoms with E-state index in [0.29, 0.717) is 0 Å². The van der Waals surface area contributed by atoms with E-state index in [4.69, 9.17) is 0 Å². The zero-order chi connectivity index (χ0) is 17.3. The van der Waals surface area contributed by atoms with Crippen molar-refractivity contribution in [2.75, 3.05) is 11.9 Å². The lowest BCUT2D eigenvalue weighted by Crippen LogP contribution is -2.44. The highest BCUT2D eigenvalue weighted by atomic mass is 16.2. The molecule has 1 N–H and O–H groups in total. The van der Waals surface area contributed by atoms with Crippen molar-refractivity contribution in [2.24, 2.45) is 0 Å². The summed E-state index contributed by atoms with van der Waals surface area (Å²) in [5.41, 5.74) is 5.75. The molecule has 0 bridgehead atoms. The number of rotatable bonds is 3. The molecule has 1 aromatic heterocycles. The third-order valence-corrected chi connectivity index (χ3v) is 4.81. The number of aromatic nitrogens is 1. The number of carbonyl (C=O) groups is 1. The van der Waals surface area contributed by atoms with Crippen LogP contribution in [0.25, 0.3) is 0 Å². The monoisotopic (exact) mass is 325 g/mol. The second kappa shape index (κ2) is 6.71. The molecule has 0 radical (unpaired) electrons. The first-order valence-electron chi connectivity index (χ1n) is 8.81. The molecule has 1 aliphatic heterocycles. The Morgan fingerprint density at radius 3 is 2.50 bits per heavy atom. The maximum absolute atomic E-state index is 12.9. The van der Waals surface area contributed by atoms with Crippen molar-refractivity contribution in [3.05, 3.63) is 52.8 Å². The summed E-state index contributed by atoms with van der Waals surface area (Å²) in [4.78, 5) is 14.9. The summed E-state index contributed by atoms with van der Waals surface area (Å²) < 4.78 is 2.35. The molecular weight excluding hydrogens is 298 g/mol. The van der Waals surface area contributed by atoms with E-state index in [1.807, 2.05) is 17.0 Å². The van der Waals surface area contributed by atoms with Crippen LogP contribution in [0, 0.1) is 20.8 Å². The first-order valence-corrected chi connectivity index (χ1v) is 8.81. The van der Waals surface area contributed by atoms with Gasteiger partial charge in [0.25, 0.3) is 0 Å². The Morgan fingerprint density at radius 2 is 1.83 bits per heavy atom. The average molecular weight is 325 g/mol. The topological polar surface area (TPSA) is 37.3 Å². The van der Waals surface area contributed by atoms with Gasteiger partial charge >= 0.3 is 6.03 Å². The Balaban J connectivity index is 1.83. The lowest BCUT2D eigenvalue weighted by atomic mass is 10.0. The predicted octanol–water partition coefficient (Wildman–Crippen LogP) is 4.80. The molecule has 1 unspecified atom stereocenters. The van der Waals surface area contributed by atoms with Gasteiger partial charge in [-0.3, -0.25) is 0 Å². The normalized spacial score (nSPS) is 16.8. The van der Waals surface area contributed by atoms with Crippen LogP contribution in [-0.2, 0) is 6.54 Å². The molecule has 1 atom stereocenters. The van der Waals surface area contributed by atoms with Crippen LogP contribution in [0.1, 0.15) is 48.3 Å². The number of anilines is 1. The van der Waals surface area contributed by atoms with Crippen molar-refractivity contribution in [1.82, 2.24) is 9.47 Å². The predicted molar refractivity (Wildman–Crippen MR) is 98.5 cm³/mol. The van der Waals surface area contributed by atoms with Crippen molar-refractivity contribution >= 4 is 11.7 Å². The maximum atomic E-state index is 12.9. The number of benzene rings is 1. The van der Waals surface area contributed by atoms with Crippen LogP contribution in [-0.4, -0.2) is 22.0 Å². The van der Waals surface area contributed by atoms with Gasteiger partial charge < -0.3 is 14.8 Å². The number of hydrogen-bond acceptors (Lipinski definition) is 1. The van der Waals surface area contributed by atoms with E-state index in [1.54, 1.807) is 0 Å². The fourth-order valence-corrected chi connectivity index (χ4v) is 3.77. The largest absolute Gasteiger partial charge is 0.345 e. The van der Waals surface area contributed by atoms with Crippen molar-refractivity contribution < 1.29 is 4.79 Å². The van der Waals surface area contributed by atoms with Crippen LogP contribution < -0.4 is 5.32 Å². The summed E-state index contributed by atoms with van der Waals surface area (Å²) in [7, 11) is 0. The number of carbonyl (C=O) groups excluding carboxylic acids is 1. The highest BCUT2D eigenvalue weighted by Gasteiger charge is 2.31. The average Bonchev–Trinajstić information content (AvgIpc) is 2.88. The smallest absolute Gasteiger partial charge is 0.322 e. The van der Waals surface area contributed by atoms with Crippen LogP contribution in [0.3, 0.4) is 0 Å². The molecule has 0 saturated heterocycles. The van der Waals surface area contributed by atoms with Gasteiger partial charge in [0.1, 0.15) is 0 Å². The van der Waals surface area contributed by atoms with Crippen LogP contribution >= 0.6 is 0 Å². The van der Waals surface area contributed by atoms with E-state index < -0.39 is 0 Å². The molecule has 2 heterocycles. The van der Waals surface area contributed by atoms with Crippen molar-refractivity contribution in [3.63, 3.8) is 0 Å². The van der Waals surface area contributed by atoms with Gasteiger partial charge in [0.05, 0.1) is 6.04 Å². The van der Waals surface area contributed by atoms with E-state index in [1.165, 1.54) is 22.5 Å². The molecule has 1 aliphatic rings. The SMILES string of the molecule is CCCC1c2ccc(C)n2CCN1C(=O)Nc1cc(C)cc(C)c1. The van der Waals surface area contributed by atoms with Gasteiger partial charge in [-0.1, -0.05) is 19.4 Å². The minimum absolute atomic E-state index is 0.00329. The minimum atomic E-state index is 0.00329. The second-order valence-electron chi connectivity index (χ2n) is 6.86. The zero-order valence-electron chi connectivity index (χ0n) is 15.1. The summed E-state index contributed by atoms with van der Waals surface area (Å²) in [6, 6.07) is 10.7. The van der Waals surface area contributed by atoms with Crippen LogP contribution in [0.4, 0.5) is 10.5 Å². The van der Waals surface area contributed by atoms with E-state index in [0.717, 1.165) is 31.6 Å². The standard InChI is InChI=1S/C20H27N3O/c1-5-6-18-19-8-7-16(4)22(19)9-10-23(18)20(24)21-17-12-14(2)11-15(3)13-17/h7-8,11-13,18H,5-6,9-10H2,1-4H3,(H,21,24). The molecule has 4 heteroatoms. The third kappa shape index (κ3) is 3.18. The quantitative estimate of drug-likeness (QED) is 0.864. The molecule has 0 spiro atoms. The van der Waals surface area contributed by atoms with E-state index in [-0.39, 0.29) is 12.1 Å². The molecule has 2 aromatic rings. The minimum Gasteiger partial charge on any atom is -0.345 e. The molecule has 1 aromatic carbocycles. The van der Waals surface area contributed by atoms with Crippen LogP contribution in [0.2, 0.25) is 0 Å². The number of fused-ring (bicyclic) bond motifs is 1. The van der Waals surface area contributed by atoms with Gasteiger partial charge in [-0.15, -0.1) is 0 Å². The highest BCUT2D eigenvalue weighted by Crippen LogP contribution is 2.32. The summed E-state index contributed by atoms with van der Waals surface area (Å²) in [5.74, 6) is 0. The molecule has 0 fully saturated rings. The molecule has 3 rings (SSSR count). The molecule has 4 nitrogen and oxygen atoms in total. The lowest BCUT2D eigenvalue weighted by molar-refractivity contribution is 0.162. The Hall–Kier alpha value is -2.23. The van der Waals surface area contributed by atoms with Crippen LogP contribution in [0.5, 0.6) is 0 Å². The Labute approximate surface area is 144 Å². The van der Waals surface area contributed by atoms with Gasteiger partial charge in [-0.05, 0) is 62.6 Å². The number of nitrogens with zero attached hydrogens (tertiary/aromatic N) is 2. The maximum Gasteiger partial charge on any atom is 0.322 e. The van der Waals surface area contributed by atoms with Crippen molar-refractivity contribution in [2.45, 2.75) is 53.1 Å². The third-order valence-electron chi connectivity index (χ3n) is 4.81. The lowest BCUT2D eigenvalue weighted by Gasteiger charge is -2.37. The van der Waals surface area contributed by atoms with Crippen molar-refractivity contribution in [1.29, 1.82) is 0 Å². The molecule has 2 amide bonds. The Bertz CT molecular complexity index is 727. The molecular formula is C20H27N3O. The number of nitrogens with one attached hydrogen (secondary N) is 1. The molecule has 24 heavy (non-hydrogen) atoms. The summed E-state index contributed by atoms with van der Waals surface area (Å²) >= 11 is 0. The van der Waals surface area contributed by atoms with Crippen molar-refractivity contribution in [3.8, 4) is 0 Å². The number of urea groups is 1. The fraction of sp³-hybridized carbons (Fsp3) is 0.450. The Kier molecular flexibility index (Phi) is 4.65. The zero-order valence-corrected chi connectivity index (χ0v) is 15.1. The second-order valence-corrected chi connectivity index (χ2v) is 6.86. The summed E-state index contributed by atoms with van der Waals surface area (Å²) in [6.07, 6.45) is 2.05. The Morgan fingerprint density at radius 1 is 1.12 bits per heavy atom. The number of hydrogen-bond donors (Lipinski definition) is 1. The first kappa shape index (κ1) is 16.6. The number of amides is 2. The highest BCUT2D eigenvalue weighted by molar-refractivity contribution is 5.90. The van der Waals surface area contributed by atoms with Gasteiger partial charge in [0.15, 0.2) is 0 Å². The summed E-state index contributed by atoms with van der Waals surface area (Å²) in [6.45, 7) is 10.0. The fourth-order valence-electron chi connectivity index (χ4n) is 3.77. The molecule has 128 valence electrons. The van der Waals surface area contributed by atoms with Crippen LogP contribution in [0.15, 0.2) is 30.3 Å². The van der Waals surface area contributed by atoms with Gasteiger partial charge in [0, 0.05) is 30.2 Å². The number of aryl methyl sites for hydroxylation is 3. The molecule has 0 aliphatic carbocycles. The molecule has 0 saturated carbocycles. The van der Waals surface area contributed by atoms with E-state index in [2.05, 4.69) is 55.8 Å².